The second-order valence-electron chi connectivity index (χ2n) is 6.59. The maximum atomic E-state index is 12.3. The Balaban J connectivity index is 2.40. The molecule has 1 N–H and O–H groups in total. The predicted octanol–water partition coefficient (Wildman–Crippen LogP) is 2.19. The van der Waals surface area contributed by atoms with Crippen molar-refractivity contribution in [1.29, 1.82) is 0 Å². The van der Waals surface area contributed by atoms with Crippen LogP contribution < -0.4 is 0 Å². The van der Waals surface area contributed by atoms with Crippen molar-refractivity contribution in [3.63, 3.8) is 0 Å². The molecule has 0 radical (unpaired) electrons. The van der Waals surface area contributed by atoms with Crippen LogP contribution in [0.3, 0.4) is 0 Å². The van der Waals surface area contributed by atoms with Crippen molar-refractivity contribution in [1.82, 2.24) is 0 Å². The summed E-state index contributed by atoms with van der Waals surface area (Å²) in [6.45, 7) is 6.98. The van der Waals surface area contributed by atoms with Gasteiger partial charge in [-0.3, -0.25) is 4.79 Å². The molecule has 6 nitrogen and oxygen atoms in total. The van der Waals surface area contributed by atoms with Gasteiger partial charge in [0.2, 0.25) is 0 Å². The van der Waals surface area contributed by atoms with Crippen LogP contribution in [0.5, 0.6) is 0 Å². The van der Waals surface area contributed by atoms with Gasteiger partial charge in [-0.15, -0.1) is 0 Å². The van der Waals surface area contributed by atoms with Crippen LogP contribution in [0.1, 0.15) is 33.1 Å². The van der Waals surface area contributed by atoms with E-state index in [0.29, 0.717) is 12.0 Å². The second-order valence-corrected chi connectivity index (χ2v) is 6.59. The largest absolute Gasteiger partial charge is 0.458 e. The Hall–Kier alpha value is -2.47. The molecule has 1 heterocycles. The van der Waals surface area contributed by atoms with Crippen LogP contribution in [0, 0.1) is 5.92 Å². The van der Waals surface area contributed by atoms with Gasteiger partial charge in [-0.2, -0.15) is 0 Å². The quantitative estimate of drug-likeness (QED) is 0.358. The molecule has 0 spiro atoms. The van der Waals surface area contributed by atoms with Gasteiger partial charge in [0.1, 0.15) is 18.5 Å². The first-order valence-corrected chi connectivity index (χ1v) is 8.57. The minimum absolute atomic E-state index is 0.172. The van der Waals surface area contributed by atoms with Crippen LogP contribution in [0.15, 0.2) is 47.1 Å². The van der Waals surface area contributed by atoms with E-state index in [-0.39, 0.29) is 24.2 Å². The van der Waals surface area contributed by atoms with Gasteiger partial charge >= 0.3 is 11.9 Å². The Morgan fingerprint density at radius 2 is 2.23 bits per heavy atom. The lowest BCUT2D eigenvalue weighted by molar-refractivity contribution is -0.147. The molecular formula is C20H24O6. The van der Waals surface area contributed by atoms with Crippen LogP contribution in [0.4, 0.5) is 0 Å². The summed E-state index contributed by atoms with van der Waals surface area (Å²) < 4.78 is 11.0. The molecule has 1 saturated heterocycles. The zero-order chi connectivity index (χ0) is 19.3. The van der Waals surface area contributed by atoms with Gasteiger partial charge in [-0.1, -0.05) is 18.2 Å². The van der Waals surface area contributed by atoms with Gasteiger partial charge < -0.3 is 14.6 Å². The van der Waals surface area contributed by atoms with Crippen molar-refractivity contribution in [2.75, 3.05) is 6.61 Å². The molecule has 2 rings (SSSR count). The molecular weight excluding hydrogens is 336 g/mol. The molecule has 0 aromatic rings. The first-order chi connectivity index (χ1) is 12.4. The SMILES string of the molecule is C=C1C(=O)O[C@@H]2/C=C(/C)CC/C=C(/C=O)CC(OC(=O)/C(C)=C/CO)[C@@H]12. The molecule has 1 aliphatic carbocycles. The summed E-state index contributed by atoms with van der Waals surface area (Å²) in [5, 5.41) is 8.95. The van der Waals surface area contributed by atoms with Gasteiger partial charge in [0.05, 0.1) is 12.5 Å². The summed E-state index contributed by atoms with van der Waals surface area (Å²) in [5.41, 5.74) is 2.01. The van der Waals surface area contributed by atoms with Crippen molar-refractivity contribution in [3.8, 4) is 0 Å². The van der Waals surface area contributed by atoms with Crippen LogP contribution >= 0.6 is 0 Å². The number of allylic oxidation sites excluding steroid dienone is 2. The maximum Gasteiger partial charge on any atom is 0.334 e. The molecule has 0 amide bonds. The number of hydrogen-bond donors (Lipinski definition) is 1. The summed E-state index contributed by atoms with van der Waals surface area (Å²) in [7, 11) is 0. The standard InChI is InChI=1S/C20H24O6/c1-12-5-4-6-15(11-22)10-17(25-19(23)13(2)7-8-21)18-14(3)20(24)26-16(18)9-12/h6-7,9,11,16-18,21H,3-5,8,10H2,1-2H3/b12-9-,13-7+,15-6+/t16-,17?,18+/m1/s1. The smallest absolute Gasteiger partial charge is 0.334 e. The fourth-order valence-corrected chi connectivity index (χ4v) is 3.13. The van der Waals surface area contributed by atoms with E-state index in [2.05, 4.69) is 6.58 Å². The highest BCUT2D eigenvalue weighted by molar-refractivity contribution is 5.92. The predicted molar refractivity (Wildman–Crippen MR) is 95.0 cm³/mol. The summed E-state index contributed by atoms with van der Waals surface area (Å²) >= 11 is 0. The van der Waals surface area contributed by atoms with Crippen molar-refractivity contribution >= 4 is 18.2 Å². The van der Waals surface area contributed by atoms with Crippen molar-refractivity contribution < 1.29 is 29.0 Å². The number of aliphatic hydroxyl groups excluding tert-OH is 1. The Bertz CT molecular complexity index is 697. The van der Waals surface area contributed by atoms with Gasteiger partial charge in [0, 0.05) is 17.6 Å². The molecule has 1 fully saturated rings. The fraction of sp³-hybridized carbons (Fsp3) is 0.450. The lowest BCUT2D eigenvalue weighted by Crippen LogP contribution is -2.34. The summed E-state index contributed by atoms with van der Waals surface area (Å²) in [5.74, 6) is -1.70. The van der Waals surface area contributed by atoms with Crippen LogP contribution in [0.2, 0.25) is 0 Å². The third kappa shape index (κ3) is 4.58. The van der Waals surface area contributed by atoms with Crippen LogP contribution in [-0.4, -0.2) is 42.1 Å². The van der Waals surface area contributed by atoms with E-state index < -0.39 is 30.1 Å². The van der Waals surface area contributed by atoms with E-state index >= 15 is 0 Å². The number of esters is 2. The molecule has 1 unspecified atom stereocenters. The van der Waals surface area contributed by atoms with Crippen molar-refractivity contribution in [2.45, 2.75) is 45.3 Å². The minimum atomic E-state index is -0.771. The number of hydrogen-bond acceptors (Lipinski definition) is 6. The molecule has 6 heteroatoms. The van der Waals surface area contributed by atoms with Gasteiger partial charge in [-0.05, 0) is 44.4 Å². The second kappa shape index (κ2) is 8.76. The number of aliphatic hydroxyl groups is 1. The normalized spacial score (nSPS) is 31.0. The molecule has 0 saturated carbocycles. The maximum absolute atomic E-state index is 12.3. The van der Waals surface area contributed by atoms with E-state index in [1.807, 2.05) is 19.1 Å². The minimum Gasteiger partial charge on any atom is -0.458 e. The van der Waals surface area contributed by atoms with Gasteiger partial charge in [0.25, 0.3) is 0 Å². The summed E-state index contributed by atoms with van der Waals surface area (Å²) in [6, 6.07) is 0. The number of aldehydes is 1. The monoisotopic (exact) mass is 360 g/mol. The van der Waals surface area contributed by atoms with Crippen molar-refractivity contribution in [3.05, 3.63) is 47.1 Å². The lowest BCUT2D eigenvalue weighted by atomic mass is 9.85. The molecule has 0 aromatic carbocycles. The first kappa shape index (κ1) is 19.8. The highest BCUT2D eigenvalue weighted by Crippen LogP contribution is 2.36. The molecule has 3 atom stereocenters. The zero-order valence-corrected chi connectivity index (χ0v) is 15.1. The van der Waals surface area contributed by atoms with E-state index in [9.17, 15) is 14.4 Å². The van der Waals surface area contributed by atoms with Gasteiger partial charge in [0.15, 0.2) is 0 Å². The highest BCUT2D eigenvalue weighted by atomic mass is 16.6. The Morgan fingerprint density at radius 1 is 1.50 bits per heavy atom. The Labute approximate surface area is 152 Å². The van der Waals surface area contributed by atoms with Crippen LogP contribution in [0.25, 0.3) is 0 Å². The Kier molecular flexibility index (Phi) is 6.69. The van der Waals surface area contributed by atoms with Crippen LogP contribution in [-0.2, 0) is 23.9 Å². The molecule has 140 valence electrons. The van der Waals surface area contributed by atoms with Gasteiger partial charge in [-0.25, -0.2) is 9.59 Å². The number of fused-ring (bicyclic) bond motifs is 1. The topological polar surface area (TPSA) is 89.9 Å². The van der Waals surface area contributed by atoms with E-state index in [4.69, 9.17) is 14.6 Å². The third-order valence-electron chi connectivity index (χ3n) is 4.62. The first-order valence-electron chi connectivity index (χ1n) is 8.57. The number of rotatable bonds is 4. The molecule has 0 bridgehead atoms. The average molecular weight is 360 g/mol. The van der Waals surface area contributed by atoms with E-state index in [0.717, 1.165) is 18.3 Å². The number of carbonyl (C=O) groups excluding carboxylic acids is 3. The molecule has 0 aromatic heterocycles. The van der Waals surface area contributed by atoms with Crippen molar-refractivity contribution in [2.24, 2.45) is 5.92 Å². The number of ether oxygens (including phenoxy) is 2. The van der Waals surface area contributed by atoms with E-state index in [1.54, 1.807) is 0 Å². The average Bonchev–Trinajstić information content (AvgIpc) is 2.86. The van der Waals surface area contributed by atoms with E-state index in [1.165, 1.54) is 13.0 Å². The summed E-state index contributed by atoms with van der Waals surface area (Å²) in [6.07, 6.45) is 6.00. The lowest BCUT2D eigenvalue weighted by Gasteiger charge is -2.27. The fourth-order valence-electron chi connectivity index (χ4n) is 3.13. The highest BCUT2D eigenvalue weighted by Gasteiger charge is 2.44. The number of carbonyl (C=O) groups is 3. The zero-order valence-electron chi connectivity index (χ0n) is 15.1. The molecule has 1 aliphatic heterocycles. The Morgan fingerprint density at radius 3 is 2.88 bits per heavy atom. The molecule has 2 aliphatic rings. The third-order valence-corrected chi connectivity index (χ3v) is 4.62. The summed E-state index contributed by atoms with van der Waals surface area (Å²) in [4.78, 5) is 35.8. The molecule has 26 heavy (non-hydrogen) atoms.